The van der Waals surface area contributed by atoms with E-state index in [2.05, 4.69) is 38.8 Å². The fourth-order valence-corrected chi connectivity index (χ4v) is 3.36. The van der Waals surface area contributed by atoms with Crippen LogP contribution in [0.2, 0.25) is 0 Å². The Morgan fingerprint density at radius 3 is 2.85 bits per heavy atom. The number of nitrogens with one attached hydrogen (secondary N) is 1. The van der Waals surface area contributed by atoms with Crippen molar-refractivity contribution in [3.05, 3.63) is 40.2 Å². The fourth-order valence-electron chi connectivity index (χ4n) is 2.64. The van der Waals surface area contributed by atoms with E-state index in [1.165, 1.54) is 23.3 Å². The SMILES string of the molecule is Cc1sccc1CN1CCC(Nc2cccnn2)CC1. The summed E-state index contributed by atoms with van der Waals surface area (Å²) in [6.07, 6.45) is 4.04. The molecule has 1 fully saturated rings. The summed E-state index contributed by atoms with van der Waals surface area (Å²) in [6.45, 7) is 5.59. The van der Waals surface area contributed by atoms with Crippen molar-refractivity contribution in [2.45, 2.75) is 32.4 Å². The van der Waals surface area contributed by atoms with Gasteiger partial charge in [0.1, 0.15) is 5.82 Å². The second-order valence-corrected chi connectivity index (χ2v) is 6.43. The lowest BCUT2D eigenvalue weighted by molar-refractivity contribution is 0.211. The molecule has 0 aliphatic carbocycles. The third-order valence-electron chi connectivity index (χ3n) is 3.87. The number of aryl methyl sites for hydroxylation is 1. The molecule has 2 aromatic heterocycles. The van der Waals surface area contributed by atoms with Gasteiger partial charge in [-0.25, -0.2) is 0 Å². The molecule has 1 aliphatic rings. The van der Waals surface area contributed by atoms with Gasteiger partial charge in [-0.15, -0.1) is 16.4 Å². The number of rotatable bonds is 4. The monoisotopic (exact) mass is 288 g/mol. The van der Waals surface area contributed by atoms with Crippen LogP contribution in [0.4, 0.5) is 5.82 Å². The maximum absolute atomic E-state index is 4.09. The van der Waals surface area contributed by atoms with Crippen LogP contribution in [-0.2, 0) is 6.54 Å². The Hall–Kier alpha value is -1.46. The van der Waals surface area contributed by atoms with Gasteiger partial charge in [0.05, 0.1) is 0 Å². The van der Waals surface area contributed by atoms with Gasteiger partial charge < -0.3 is 5.32 Å². The minimum atomic E-state index is 0.520. The van der Waals surface area contributed by atoms with E-state index in [1.807, 2.05) is 23.5 Å². The standard InChI is InChI=1S/C15H20N4S/c1-12-13(6-10-20-12)11-19-8-4-14(5-9-19)17-15-3-2-7-16-18-15/h2-3,6-7,10,14H,4-5,8-9,11H2,1H3,(H,17,18). The van der Waals surface area contributed by atoms with Crippen molar-refractivity contribution in [2.24, 2.45) is 0 Å². The summed E-state index contributed by atoms with van der Waals surface area (Å²) in [5, 5.41) is 13.7. The lowest BCUT2D eigenvalue weighted by Crippen LogP contribution is -2.38. The zero-order valence-corrected chi connectivity index (χ0v) is 12.6. The van der Waals surface area contributed by atoms with Crippen molar-refractivity contribution < 1.29 is 0 Å². The summed E-state index contributed by atoms with van der Waals surface area (Å²) in [5.74, 6) is 0.889. The highest BCUT2D eigenvalue weighted by molar-refractivity contribution is 7.10. The average molecular weight is 288 g/mol. The van der Waals surface area contributed by atoms with E-state index in [9.17, 15) is 0 Å². The van der Waals surface area contributed by atoms with Crippen LogP contribution in [0.15, 0.2) is 29.8 Å². The normalized spacial score (nSPS) is 17.2. The minimum Gasteiger partial charge on any atom is -0.366 e. The number of likely N-dealkylation sites (tertiary alicyclic amines) is 1. The van der Waals surface area contributed by atoms with Crippen LogP contribution in [0.25, 0.3) is 0 Å². The zero-order chi connectivity index (χ0) is 13.8. The molecule has 0 radical (unpaired) electrons. The van der Waals surface area contributed by atoms with Gasteiger partial charge in [-0.3, -0.25) is 4.90 Å². The summed E-state index contributed by atoms with van der Waals surface area (Å²) in [4.78, 5) is 3.99. The molecule has 0 spiro atoms. The van der Waals surface area contributed by atoms with E-state index >= 15 is 0 Å². The molecule has 1 N–H and O–H groups in total. The molecule has 1 aliphatic heterocycles. The van der Waals surface area contributed by atoms with Gasteiger partial charge >= 0.3 is 0 Å². The maximum Gasteiger partial charge on any atom is 0.148 e. The molecule has 0 saturated carbocycles. The quantitative estimate of drug-likeness (QED) is 0.939. The van der Waals surface area contributed by atoms with E-state index < -0.39 is 0 Å². The Balaban J connectivity index is 1.49. The summed E-state index contributed by atoms with van der Waals surface area (Å²) in [6, 6.07) is 6.67. The average Bonchev–Trinajstić information content (AvgIpc) is 2.88. The molecule has 0 atom stereocenters. The van der Waals surface area contributed by atoms with Gasteiger partial charge in [-0.05, 0) is 48.9 Å². The highest BCUT2D eigenvalue weighted by atomic mass is 32.1. The van der Waals surface area contributed by atoms with Gasteiger partial charge in [0.25, 0.3) is 0 Å². The van der Waals surface area contributed by atoms with Crippen molar-refractivity contribution in [2.75, 3.05) is 18.4 Å². The molecule has 0 unspecified atom stereocenters. The van der Waals surface area contributed by atoms with Gasteiger partial charge in [-0.1, -0.05) is 0 Å². The molecule has 0 amide bonds. The first-order chi connectivity index (χ1) is 9.81. The molecule has 3 heterocycles. The number of hydrogen-bond acceptors (Lipinski definition) is 5. The Morgan fingerprint density at radius 2 is 2.20 bits per heavy atom. The van der Waals surface area contributed by atoms with E-state index in [4.69, 9.17) is 0 Å². The smallest absolute Gasteiger partial charge is 0.148 e. The Morgan fingerprint density at radius 1 is 1.35 bits per heavy atom. The Kier molecular flexibility index (Phi) is 4.28. The van der Waals surface area contributed by atoms with Crippen molar-refractivity contribution in [3.8, 4) is 0 Å². The third kappa shape index (κ3) is 3.35. The highest BCUT2D eigenvalue weighted by Gasteiger charge is 2.19. The molecule has 3 rings (SSSR count). The van der Waals surface area contributed by atoms with E-state index in [0.717, 1.165) is 25.5 Å². The Labute approximate surface area is 123 Å². The summed E-state index contributed by atoms with van der Waals surface area (Å²) >= 11 is 1.84. The van der Waals surface area contributed by atoms with Gasteiger partial charge in [0.2, 0.25) is 0 Å². The summed E-state index contributed by atoms with van der Waals surface area (Å²) in [7, 11) is 0. The summed E-state index contributed by atoms with van der Waals surface area (Å²) < 4.78 is 0. The van der Waals surface area contributed by atoms with Crippen LogP contribution in [0, 0.1) is 6.92 Å². The first kappa shape index (κ1) is 13.5. The van der Waals surface area contributed by atoms with E-state index in [-0.39, 0.29) is 0 Å². The molecule has 106 valence electrons. The first-order valence-corrected chi connectivity index (χ1v) is 7.99. The number of anilines is 1. The number of nitrogens with zero attached hydrogens (tertiary/aromatic N) is 3. The molecule has 2 aromatic rings. The van der Waals surface area contributed by atoms with Crippen molar-refractivity contribution in [3.63, 3.8) is 0 Å². The number of thiophene rings is 1. The first-order valence-electron chi connectivity index (χ1n) is 7.11. The molecule has 20 heavy (non-hydrogen) atoms. The van der Waals surface area contributed by atoms with Gasteiger partial charge in [-0.2, -0.15) is 5.10 Å². The van der Waals surface area contributed by atoms with Crippen LogP contribution < -0.4 is 5.32 Å². The number of hydrogen-bond donors (Lipinski definition) is 1. The second kappa shape index (κ2) is 6.33. The van der Waals surface area contributed by atoms with Gasteiger partial charge in [0, 0.05) is 36.8 Å². The van der Waals surface area contributed by atoms with Crippen LogP contribution >= 0.6 is 11.3 Å². The van der Waals surface area contributed by atoms with Crippen molar-refractivity contribution in [1.29, 1.82) is 0 Å². The fraction of sp³-hybridized carbons (Fsp3) is 0.467. The Bertz CT molecular complexity index is 532. The van der Waals surface area contributed by atoms with Crippen LogP contribution in [0.5, 0.6) is 0 Å². The highest BCUT2D eigenvalue weighted by Crippen LogP contribution is 2.20. The molecular formula is C15H20N4S. The van der Waals surface area contributed by atoms with E-state index in [1.54, 1.807) is 6.20 Å². The largest absolute Gasteiger partial charge is 0.366 e. The molecule has 5 heteroatoms. The topological polar surface area (TPSA) is 41.0 Å². The molecule has 0 aromatic carbocycles. The van der Waals surface area contributed by atoms with E-state index in [0.29, 0.717) is 6.04 Å². The lowest BCUT2D eigenvalue weighted by atomic mass is 10.0. The minimum absolute atomic E-state index is 0.520. The van der Waals surface area contributed by atoms with Crippen LogP contribution in [0.1, 0.15) is 23.3 Å². The van der Waals surface area contributed by atoms with Crippen LogP contribution in [-0.4, -0.2) is 34.2 Å². The van der Waals surface area contributed by atoms with Crippen LogP contribution in [0.3, 0.4) is 0 Å². The summed E-state index contributed by atoms with van der Waals surface area (Å²) in [5.41, 5.74) is 1.48. The zero-order valence-electron chi connectivity index (χ0n) is 11.7. The van der Waals surface area contributed by atoms with Crippen molar-refractivity contribution >= 4 is 17.2 Å². The number of aromatic nitrogens is 2. The maximum atomic E-state index is 4.09. The van der Waals surface area contributed by atoms with Crippen molar-refractivity contribution in [1.82, 2.24) is 15.1 Å². The molecule has 0 bridgehead atoms. The number of piperidine rings is 1. The lowest BCUT2D eigenvalue weighted by Gasteiger charge is -2.32. The molecular weight excluding hydrogens is 268 g/mol. The predicted octanol–water partition coefficient (Wildman–Crippen LogP) is 2.92. The molecule has 4 nitrogen and oxygen atoms in total. The third-order valence-corrected chi connectivity index (χ3v) is 4.76. The predicted molar refractivity (Wildman–Crippen MR) is 83.0 cm³/mol. The van der Waals surface area contributed by atoms with Gasteiger partial charge in [0.15, 0.2) is 0 Å². The second-order valence-electron chi connectivity index (χ2n) is 5.31. The molecule has 1 saturated heterocycles.